The van der Waals surface area contributed by atoms with Crippen molar-refractivity contribution >= 4 is 39.8 Å². The van der Waals surface area contributed by atoms with E-state index in [0.717, 1.165) is 23.4 Å². The van der Waals surface area contributed by atoms with Gasteiger partial charge in [0.1, 0.15) is 21.2 Å². The topological polar surface area (TPSA) is 89.0 Å². The van der Waals surface area contributed by atoms with Crippen molar-refractivity contribution in [3.05, 3.63) is 29.3 Å². The van der Waals surface area contributed by atoms with Crippen molar-refractivity contribution < 1.29 is 17.9 Å². The third kappa shape index (κ3) is 13.7. The summed E-state index contributed by atoms with van der Waals surface area (Å²) in [7, 11) is -2.99. The minimum Gasteiger partial charge on any atom is -0.488 e. The molecule has 0 aliphatic rings. The van der Waals surface area contributed by atoms with Crippen molar-refractivity contribution in [1.29, 1.82) is 0 Å². The molecular formula is C20H36IN3O4S. The Hall–Kier alpha value is -1.07. The Morgan fingerprint density at radius 3 is 2.45 bits per heavy atom. The lowest BCUT2D eigenvalue weighted by atomic mass is 10.1. The zero-order valence-corrected chi connectivity index (χ0v) is 21.5. The van der Waals surface area contributed by atoms with Crippen molar-refractivity contribution in [2.24, 2.45) is 4.99 Å². The third-order valence-corrected chi connectivity index (χ3v) is 4.44. The summed E-state index contributed by atoms with van der Waals surface area (Å²) in [5.74, 6) is 1.55. The highest BCUT2D eigenvalue weighted by Crippen LogP contribution is 2.25. The van der Waals surface area contributed by atoms with Gasteiger partial charge in [0.15, 0.2) is 5.96 Å². The summed E-state index contributed by atoms with van der Waals surface area (Å²) in [5.41, 5.74) is 1.88. The van der Waals surface area contributed by atoms with Gasteiger partial charge in [0.25, 0.3) is 0 Å². The molecule has 0 heterocycles. The Morgan fingerprint density at radius 2 is 1.86 bits per heavy atom. The summed E-state index contributed by atoms with van der Waals surface area (Å²) in [6.07, 6.45) is 1.20. The van der Waals surface area contributed by atoms with Gasteiger partial charge in [-0.3, -0.25) is 0 Å². The molecule has 2 N–H and O–H groups in total. The van der Waals surface area contributed by atoms with Crippen molar-refractivity contribution in [1.82, 2.24) is 10.6 Å². The maximum Gasteiger partial charge on any atom is 0.191 e. The predicted molar refractivity (Wildman–Crippen MR) is 130 cm³/mol. The average molecular weight is 541 g/mol. The van der Waals surface area contributed by atoms with Gasteiger partial charge < -0.3 is 20.1 Å². The zero-order chi connectivity index (χ0) is 21.2. The molecule has 0 radical (unpaired) electrons. The van der Waals surface area contributed by atoms with Gasteiger partial charge in [-0.2, -0.15) is 0 Å². The van der Waals surface area contributed by atoms with Crippen LogP contribution >= 0.6 is 24.0 Å². The number of halogens is 1. The second-order valence-corrected chi connectivity index (χ2v) is 9.95. The second kappa shape index (κ2) is 13.3. The molecule has 0 unspecified atom stereocenters. The average Bonchev–Trinajstić information content (AvgIpc) is 2.54. The lowest BCUT2D eigenvalue weighted by Crippen LogP contribution is -2.39. The van der Waals surface area contributed by atoms with Crippen LogP contribution in [0.25, 0.3) is 0 Å². The van der Waals surface area contributed by atoms with Gasteiger partial charge in [-0.05, 0) is 46.2 Å². The number of nitrogens with one attached hydrogen (secondary N) is 2. The number of benzene rings is 1. The minimum atomic E-state index is -2.99. The number of hydrogen-bond acceptors (Lipinski definition) is 5. The number of aliphatic imine (C=N–C) groups is 1. The number of guanidine groups is 1. The van der Waals surface area contributed by atoms with Crippen molar-refractivity contribution in [2.75, 3.05) is 38.3 Å². The van der Waals surface area contributed by atoms with E-state index in [9.17, 15) is 8.42 Å². The number of aryl methyl sites for hydroxylation is 1. The maximum atomic E-state index is 11.1. The Kier molecular flexibility index (Phi) is 12.8. The van der Waals surface area contributed by atoms with Gasteiger partial charge in [-0.1, -0.05) is 12.1 Å². The van der Waals surface area contributed by atoms with Gasteiger partial charge >= 0.3 is 0 Å². The Labute approximate surface area is 193 Å². The fraction of sp³-hybridized carbons (Fsp3) is 0.650. The summed E-state index contributed by atoms with van der Waals surface area (Å²) >= 11 is 0. The van der Waals surface area contributed by atoms with Crippen LogP contribution < -0.4 is 15.4 Å². The van der Waals surface area contributed by atoms with E-state index < -0.39 is 9.84 Å². The van der Waals surface area contributed by atoms with E-state index in [0.29, 0.717) is 25.7 Å². The molecule has 0 aliphatic heterocycles. The largest absolute Gasteiger partial charge is 0.488 e. The molecule has 0 atom stereocenters. The second-order valence-electron chi connectivity index (χ2n) is 7.69. The molecule has 0 spiro atoms. The predicted octanol–water partition coefficient (Wildman–Crippen LogP) is 2.91. The maximum absolute atomic E-state index is 11.1. The van der Waals surface area contributed by atoms with E-state index in [1.807, 2.05) is 46.8 Å². The number of hydrogen-bond donors (Lipinski definition) is 2. The van der Waals surface area contributed by atoms with Crippen LogP contribution in [0.3, 0.4) is 0 Å². The van der Waals surface area contributed by atoms with Gasteiger partial charge in [0.05, 0.1) is 25.5 Å². The van der Waals surface area contributed by atoms with Crippen molar-refractivity contribution in [3.63, 3.8) is 0 Å². The van der Waals surface area contributed by atoms with Crippen molar-refractivity contribution in [2.45, 2.75) is 46.8 Å². The van der Waals surface area contributed by atoms with Crippen LogP contribution in [-0.4, -0.2) is 58.3 Å². The zero-order valence-electron chi connectivity index (χ0n) is 18.4. The minimum absolute atomic E-state index is 0. The molecule has 168 valence electrons. The first-order chi connectivity index (χ1) is 13.0. The van der Waals surface area contributed by atoms with Crippen LogP contribution in [0.1, 0.15) is 38.8 Å². The number of nitrogens with zero attached hydrogens (tertiary/aromatic N) is 1. The van der Waals surface area contributed by atoms with Crippen molar-refractivity contribution in [3.8, 4) is 5.75 Å². The van der Waals surface area contributed by atoms with E-state index in [-0.39, 0.29) is 41.9 Å². The SMILES string of the molecule is CCNC(=NCc1ccc(C)cc1OC(C)(C)C)NCCOCCS(C)(=O)=O.I. The highest BCUT2D eigenvalue weighted by molar-refractivity contribution is 14.0. The normalized spacial score (nSPS) is 12.3. The van der Waals surface area contributed by atoms with Gasteiger partial charge in [0.2, 0.25) is 0 Å². The summed E-state index contributed by atoms with van der Waals surface area (Å²) < 4.78 is 33.6. The molecule has 29 heavy (non-hydrogen) atoms. The fourth-order valence-corrected chi connectivity index (χ4v) is 2.70. The number of rotatable bonds is 10. The molecule has 1 aromatic rings. The van der Waals surface area contributed by atoms with Gasteiger partial charge in [-0.15, -0.1) is 24.0 Å². The van der Waals surface area contributed by atoms with Gasteiger partial charge in [0, 0.05) is 24.9 Å². The Bertz CT molecular complexity index is 747. The standard InChI is InChI=1S/C20H35N3O4S.HI/c1-7-21-19(22-10-11-26-12-13-28(6,24)25)23-15-17-9-8-16(2)14-18(17)27-20(3,4)5;/h8-9,14H,7,10-13,15H2,1-6H3,(H2,21,22,23);1H. The van der Waals surface area contributed by atoms with Crippen LogP contribution in [0.5, 0.6) is 5.75 Å². The number of sulfone groups is 1. The molecule has 1 aromatic carbocycles. The first kappa shape index (κ1) is 27.9. The van der Waals surface area contributed by atoms with E-state index in [4.69, 9.17) is 9.47 Å². The summed E-state index contributed by atoms with van der Waals surface area (Å²) in [6.45, 7) is 12.5. The molecule has 1 rings (SSSR count). The smallest absolute Gasteiger partial charge is 0.191 e. The highest BCUT2D eigenvalue weighted by atomic mass is 127. The first-order valence-corrected chi connectivity index (χ1v) is 11.6. The molecule has 0 bridgehead atoms. The van der Waals surface area contributed by atoms with E-state index in [2.05, 4.69) is 21.7 Å². The van der Waals surface area contributed by atoms with E-state index in [1.165, 1.54) is 6.26 Å². The Balaban J connectivity index is 0.00000784. The molecule has 0 saturated heterocycles. The van der Waals surface area contributed by atoms with Crippen LogP contribution in [0.4, 0.5) is 0 Å². The van der Waals surface area contributed by atoms with E-state index >= 15 is 0 Å². The Morgan fingerprint density at radius 1 is 1.17 bits per heavy atom. The quantitative estimate of drug-likeness (QED) is 0.205. The van der Waals surface area contributed by atoms with Crippen LogP contribution in [0.2, 0.25) is 0 Å². The molecular weight excluding hydrogens is 505 g/mol. The molecule has 0 aromatic heterocycles. The lowest BCUT2D eigenvalue weighted by molar-refractivity contribution is 0.129. The third-order valence-electron chi connectivity index (χ3n) is 3.53. The summed E-state index contributed by atoms with van der Waals surface area (Å²) in [4.78, 5) is 4.62. The highest BCUT2D eigenvalue weighted by Gasteiger charge is 2.15. The molecule has 0 fully saturated rings. The van der Waals surface area contributed by atoms with E-state index in [1.54, 1.807) is 0 Å². The monoisotopic (exact) mass is 541 g/mol. The molecule has 9 heteroatoms. The lowest BCUT2D eigenvalue weighted by Gasteiger charge is -2.23. The molecule has 0 amide bonds. The summed E-state index contributed by atoms with van der Waals surface area (Å²) in [6, 6.07) is 6.13. The molecule has 0 saturated carbocycles. The first-order valence-electron chi connectivity index (χ1n) is 9.56. The van der Waals surface area contributed by atoms with Gasteiger partial charge in [-0.25, -0.2) is 13.4 Å². The van der Waals surface area contributed by atoms with Crippen LogP contribution in [0, 0.1) is 6.92 Å². The molecule has 0 aliphatic carbocycles. The molecule has 7 nitrogen and oxygen atoms in total. The van der Waals surface area contributed by atoms with Crippen LogP contribution in [0.15, 0.2) is 23.2 Å². The van der Waals surface area contributed by atoms with Crippen LogP contribution in [-0.2, 0) is 21.1 Å². The summed E-state index contributed by atoms with van der Waals surface area (Å²) in [5, 5.41) is 6.39. The number of ether oxygens (including phenoxy) is 2. The fourth-order valence-electron chi connectivity index (χ4n) is 2.28.